The van der Waals surface area contributed by atoms with Crippen LogP contribution >= 0.6 is 0 Å². The molecular formula is C17H25FN2O. The molecule has 1 aliphatic rings. The third-order valence-corrected chi connectivity index (χ3v) is 4.53. The van der Waals surface area contributed by atoms with E-state index in [0.29, 0.717) is 17.2 Å². The lowest BCUT2D eigenvalue weighted by Crippen LogP contribution is -2.49. The van der Waals surface area contributed by atoms with Gasteiger partial charge < -0.3 is 4.90 Å². The monoisotopic (exact) mass is 292 g/mol. The summed E-state index contributed by atoms with van der Waals surface area (Å²) in [5.41, 5.74) is 1.97. The zero-order chi connectivity index (χ0) is 15.6. The molecular weight excluding hydrogens is 267 g/mol. The molecule has 1 fully saturated rings. The van der Waals surface area contributed by atoms with Crippen molar-refractivity contribution in [2.45, 2.75) is 40.2 Å². The Hall–Kier alpha value is -1.42. The number of aryl methyl sites for hydroxylation is 1. The third-order valence-electron chi connectivity index (χ3n) is 4.53. The van der Waals surface area contributed by atoms with Crippen LogP contribution in [0.25, 0.3) is 0 Å². The third kappa shape index (κ3) is 3.43. The number of rotatable bonds is 4. The molecule has 21 heavy (non-hydrogen) atoms. The van der Waals surface area contributed by atoms with Crippen molar-refractivity contribution in [1.29, 1.82) is 0 Å². The van der Waals surface area contributed by atoms with E-state index >= 15 is 0 Å². The quantitative estimate of drug-likeness (QED) is 0.796. The first-order chi connectivity index (χ1) is 9.93. The van der Waals surface area contributed by atoms with Crippen molar-refractivity contribution in [3.63, 3.8) is 0 Å². The summed E-state index contributed by atoms with van der Waals surface area (Å²) in [5, 5.41) is 0. The molecule has 2 rings (SSSR count). The Bertz CT molecular complexity index is 522. The van der Waals surface area contributed by atoms with E-state index in [2.05, 4.69) is 23.6 Å². The van der Waals surface area contributed by atoms with Crippen LogP contribution in [0.2, 0.25) is 0 Å². The minimum Gasteiger partial charge on any atom is -0.368 e. The number of anilines is 1. The van der Waals surface area contributed by atoms with E-state index in [4.69, 9.17) is 0 Å². The van der Waals surface area contributed by atoms with Gasteiger partial charge in [0, 0.05) is 43.5 Å². The summed E-state index contributed by atoms with van der Waals surface area (Å²) in [4.78, 5) is 16.5. The van der Waals surface area contributed by atoms with E-state index in [1.54, 1.807) is 6.92 Å². The Morgan fingerprint density at radius 3 is 2.43 bits per heavy atom. The van der Waals surface area contributed by atoms with Crippen LogP contribution in [0.4, 0.5) is 10.1 Å². The number of Topliss-reactive ketones (excluding diaryl/α,β-unsaturated/α-hetero) is 1. The molecule has 1 unspecified atom stereocenters. The lowest BCUT2D eigenvalue weighted by molar-refractivity contribution is 0.101. The lowest BCUT2D eigenvalue weighted by Gasteiger charge is -2.39. The van der Waals surface area contributed by atoms with Crippen LogP contribution in [0, 0.1) is 12.7 Å². The molecule has 1 saturated heterocycles. The number of hydrogen-bond donors (Lipinski definition) is 0. The minimum atomic E-state index is -0.304. The number of carbonyl (C=O) groups is 1. The number of piperazine rings is 1. The van der Waals surface area contributed by atoms with Gasteiger partial charge in [-0.25, -0.2) is 4.39 Å². The highest BCUT2D eigenvalue weighted by Gasteiger charge is 2.23. The summed E-state index contributed by atoms with van der Waals surface area (Å²) in [5.74, 6) is -0.379. The largest absolute Gasteiger partial charge is 0.368 e. The standard InChI is InChI=1S/C17H25FN2O/c1-5-13(3)19-6-8-20(9-7-19)17-10-12(2)16(18)11-15(17)14(4)21/h10-11,13H,5-9H2,1-4H3. The van der Waals surface area contributed by atoms with Crippen LogP contribution in [-0.4, -0.2) is 42.9 Å². The van der Waals surface area contributed by atoms with E-state index < -0.39 is 0 Å². The number of halogens is 1. The smallest absolute Gasteiger partial charge is 0.161 e. The average Bonchev–Trinajstić information content (AvgIpc) is 2.48. The van der Waals surface area contributed by atoms with Gasteiger partial charge in [-0.05, 0) is 44.9 Å². The number of nitrogens with zero attached hydrogens (tertiary/aromatic N) is 2. The molecule has 1 aromatic carbocycles. The molecule has 0 saturated carbocycles. The predicted molar refractivity (Wildman–Crippen MR) is 84.7 cm³/mol. The van der Waals surface area contributed by atoms with Crippen molar-refractivity contribution in [3.05, 3.63) is 29.1 Å². The second-order valence-electron chi connectivity index (χ2n) is 5.96. The van der Waals surface area contributed by atoms with Gasteiger partial charge in [-0.1, -0.05) is 6.92 Å². The maximum Gasteiger partial charge on any atom is 0.161 e. The second kappa shape index (κ2) is 6.56. The maximum atomic E-state index is 13.7. The van der Waals surface area contributed by atoms with E-state index in [1.807, 2.05) is 6.07 Å². The molecule has 0 aromatic heterocycles. The fraction of sp³-hybridized carbons (Fsp3) is 0.588. The average molecular weight is 292 g/mol. The SMILES string of the molecule is CCC(C)N1CCN(c2cc(C)c(F)cc2C(C)=O)CC1. The molecule has 0 amide bonds. The molecule has 4 heteroatoms. The molecule has 0 bridgehead atoms. The summed E-state index contributed by atoms with van der Waals surface area (Å²) in [6, 6.07) is 3.79. The van der Waals surface area contributed by atoms with Crippen molar-refractivity contribution in [2.24, 2.45) is 0 Å². The van der Waals surface area contributed by atoms with Crippen LogP contribution in [0.1, 0.15) is 43.1 Å². The number of carbonyl (C=O) groups excluding carboxylic acids is 1. The van der Waals surface area contributed by atoms with Gasteiger partial charge in [0.25, 0.3) is 0 Å². The molecule has 0 radical (unpaired) electrons. The van der Waals surface area contributed by atoms with E-state index in [1.165, 1.54) is 13.0 Å². The molecule has 0 spiro atoms. The first kappa shape index (κ1) is 16.0. The van der Waals surface area contributed by atoms with Gasteiger partial charge in [-0.15, -0.1) is 0 Å². The summed E-state index contributed by atoms with van der Waals surface area (Å²) in [6.45, 7) is 11.4. The Kier molecular flexibility index (Phi) is 4.99. The van der Waals surface area contributed by atoms with Gasteiger partial charge in [0.2, 0.25) is 0 Å². The summed E-state index contributed by atoms with van der Waals surface area (Å²) in [7, 11) is 0. The van der Waals surface area contributed by atoms with E-state index in [9.17, 15) is 9.18 Å². The van der Waals surface area contributed by atoms with Gasteiger partial charge in [0.15, 0.2) is 5.78 Å². The number of hydrogen-bond acceptors (Lipinski definition) is 3. The van der Waals surface area contributed by atoms with Crippen LogP contribution in [-0.2, 0) is 0 Å². The Labute approximate surface area is 126 Å². The fourth-order valence-electron chi connectivity index (χ4n) is 2.87. The molecule has 1 atom stereocenters. The first-order valence-electron chi connectivity index (χ1n) is 7.74. The van der Waals surface area contributed by atoms with Gasteiger partial charge in [0.1, 0.15) is 5.82 Å². The maximum absolute atomic E-state index is 13.7. The van der Waals surface area contributed by atoms with Crippen LogP contribution < -0.4 is 4.90 Å². The van der Waals surface area contributed by atoms with Crippen molar-refractivity contribution < 1.29 is 9.18 Å². The molecule has 1 aliphatic heterocycles. The normalized spacial score (nSPS) is 17.9. The molecule has 3 nitrogen and oxygen atoms in total. The summed E-state index contributed by atoms with van der Waals surface area (Å²) < 4.78 is 13.7. The highest BCUT2D eigenvalue weighted by molar-refractivity contribution is 6.00. The van der Waals surface area contributed by atoms with E-state index in [-0.39, 0.29) is 11.6 Å². The van der Waals surface area contributed by atoms with E-state index in [0.717, 1.165) is 38.3 Å². The lowest BCUT2D eigenvalue weighted by atomic mass is 10.0. The zero-order valence-electron chi connectivity index (χ0n) is 13.4. The highest BCUT2D eigenvalue weighted by Crippen LogP contribution is 2.26. The Morgan fingerprint density at radius 2 is 1.90 bits per heavy atom. The Balaban J connectivity index is 2.20. The van der Waals surface area contributed by atoms with Crippen LogP contribution in [0.5, 0.6) is 0 Å². The van der Waals surface area contributed by atoms with Gasteiger partial charge >= 0.3 is 0 Å². The van der Waals surface area contributed by atoms with Gasteiger partial charge in [-0.2, -0.15) is 0 Å². The topological polar surface area (TPSA) is 23.6 Å². The molecule has 116 valence electrons. The molecule has 0 aliphatic carbocycles. The first-order valence-corrected chi connectivity index (χ1v) is 7.74. The highest BCUT2D eigenvalue weighted by atomic mass is 19.1. The number of benzene rings is 1. The van der Waals surface area contributed by atoms with Crippen molar-refractivity contribution >= 4 is 11.5 Å². The van der Waals surface area contributed by atoms with Crippen LogP contribution in [0.3, 0.4) is 0 Å². The van der Waals surface area contributed by atoms with Gasteiger partial charge in [-0.3, -0.25) is 9.69 Å². The van der Waals surface area contributed by atoms with Gasteiger partial charge in [0.05, 0.1) is 0 Å². The van der Waals surface area contributed by atoms with Crippen molar-refractivity contribution in [2.75, 3.05) is 31.1 Å². The van der Waals surface area contributed by atoms with Crippen molar-refractivity contribution in [3.8, 4) is 0 Å². The fourth-order valence-corrected chi connectivity index (χ4v) is 2.87. The summed E-state index contributed by atoms with van der Waals surface area (Å²) >= 11 is 0. The second-order valence-corrected chi connectivity index (χ2v) is 5.96. The molecule has 1 aromatic rings. The van der Waals surface area contributed by atoms with Crippen LogP contribution in [0.15, 0.2) is 12.1 Å². The minimum absolute atomic E-state index is 0.0757. The summed E-state index contributed by atoms with van der Waals surface area (Å²) in [6.07, 6.45) is 1.15. The number of ketones is 1. The van der Waals surface area contributed by atoms with Crippen molar-refractivity contribution in [1.82, 2.24) is 4.90 Å². The molecule has 1 heterocycles. The molecule has 0 N–H and O–H groups in total. The predicted octanol–water partition coefficient (Wildman–Crippen LogP) is 3.26. The zero-order valence-corrected chi connectivity index (χ0v) is 13.4. The Morgan fingerprint density at radius 1 is 1.29 bits per heavy atom.